The molecule has 1 unspecified atom stereocenters. The summed E-state index contributed by atoms with van der Waals surface area (Å²) in [6.45, 7) is 8.74. The first-order valence-corrected chi connectivity index (χ1v) is 9.70. The fourth-order valence-electron chi connectivity index (χ4n) is 2.95. The molecule has 1 saturated heterocycles. The second-order valence-electron chi connectivity index (χ2n) is 6.18. The van der Waals surface area contributed by atoms with Gasteiger partial charge in [-0.3, -0.25) is 10.1 Å². The molecule has 0 saturated carbocycles. The molecule has 1 aromatic rings. The van der Waals surface area contributed by atoms with Gasteiger partial charge in [0, 0.05) is 18.0 Å². The van der Waals surface area contributed by atoms with Crippen molar-refractivity contribution >= 4 is 34.3 Å². The Labute approximate surface area is 157 Å². The van der Waals surface area contributed by atoms with E-state index in [4.69, 9.17) is 9.47 Å². The average Bonchev–Trinajstić information content (AvgIpc) is 2.89. The molecule has 2 rings (SSSR count). The molecule has 26 heavy (non-hydrogen) atoms. The molecule has 0 aliphatic carbocycles. The van der Waals surface area contributed by atoms with E-state index in [0.29, 0.717) is 36.7 Å². The highest BCUT2D eigenvalue weighted by Gasteiger charge is 2.30. The molecule has 144 valence electrons. The van der Waals surface area contributed by atoms with Crippen LogP contribution in [-0.2, 0) is 14.3 Å². The number of carbonyl (C=O) groups is 3. The van der Waals surface area contributed by atoms with E-state index in [1.165, 1.54) is 11.3 Å². The Morgan fingerprint density at radius 1 is 1.19 bits per heavy atom. The van der Waals surface area contributed by atoms with Gasteiger partial charge < -0.3 is 14.4 Å². The highest BCUT2D eigenvalue weighted by atomic mass is 32.1. The molecule has 0 bridgehead atoms. The quantitative estimate of drug-likeness (QED) is 0.790. The molecule has 1 atom stereocenters. The lowest BCUT2D eigenvalue weighted by atomic mass is 9.98. The predicted molar refractivity (Wildman–Crippen MR) is 99.7 cm³/mol. The Morgan fingerprint density at radius 3 is 2.54 bits per heavy atom. The monoisotopic (exact) mass is 382 g/mol. The molecule has 8 heteroatoms. The normalized spacial score (nSPS) is 16.9. The van der Waals surface area contributed by atoms with Crippen molar-refractivity contribution in [1.29, 1.82) is 0 Å². The largest absolute Gasteiger partial charge is 0.466 e. The maximum Gasteiger partial charge on any atom is 0.341 e. The number of ether oxygens (including phenoxy) is 2. The van der Waals surface area contributed by atoms with Crippen molar-refractivity contribution in [2.24, 2.45) is 5.92 Å². The number of nitrogens with one attached hydrogen (secondary N) is 1. The van der Waals surface area contributed by atoms with Crippen LogP contribution in [0.4, 0.5) is 9.80 Å². The molecule has 1 aliphatic heterocycles. The minimum atomic E-state index is -0.437. The van der Waals surface area contributed by atoms with Gasteiger partial charge in [0.1, 0.15) is 5.00 Å². The fraction of sp³-hybridized carbons (Fsp3) is 0.611. The van der Waals surface area contributed by atoms with Crippen LogP contribution >= 0.6 is 11.3 Å². The van der Waals surface area contributed by atoms with Gasteiger partial charge in [0.05, 0.1) is 24.7 Å². The van der Waals surface area contributed by atoms with Crippen molar-refractivity contribution in [2.75, 3.05) is 31.6 Å². The number of esters is 2. The third kappa shape index (κ3) is 4.55. The van der Waals surface area contributed by atoms with Gasteiger partial charge in [0.2, 0.25) is 0 Å². The smallest absolute Gasteiger partial charge is 0.341 e. The lowest BCUT2D eigenvalue weighted by Gasteiger charge is -2.31. The summed E-state index contributed by atoms with van der Waals surface area (Å²) >= 11 is 1.35. The molecular formula is C18H26N2O5S. The number of aryl methyl sites for hydroxylation is 1. The number of thiophene rings is 1. The summed E-state index contributed by atoms with van der Waals surface area (Å²) in [5, 5.41) is 3.31. The SMILES string of the molecule is CCOC(=O)c1c(NC(=O)N2CCCC(C(=O)OCC)C2)sc(C)c1C. The molecule has 0 radical (unpaired) electrons. The van der Waals surface area contributed by atoms with Gasteiger partial charge in [0.25, 0.3) is 0 Å². The first-order chi connectivity index (χ1) is 12.4. The van der Waals surface area contributed by atoms with Crippen molar-refractivity contribution in [1.82, 2.24) is 4.90 Å². The first kappa shape index (κ1) is 20.2. The van der Waals surface area contributed by atoms with Crippen molar-refractivity contribution in [3.05, 3.63) is 16.0 Å². The Bertz CT molecular complexity index is 685. The minimum absolute atomic E-state index is 0.264. The number of likely N-dealkylation sites (tertiary alicyclic amines) is 1. The van der Waals surface area contributed by atoms with Crippen LogP contribution in [0, 0.1) is 19.8 Å². The van der Waals surface area contributed by atoms with Crippen molar-refractivity contribution in [2.45, 2.75) is 40.5 Å². The van der Waals surface area contributed by atoms with Crippen LogP contribution in [0.3, 0.4) is 0 Å². The Hall–Kier alpha value is -2.09. The van der Waals surface area contributed by atoms with Gasteiger partial charge >= 0.3 is 18.0 Å². The van der Waals surface area contributed by atoms with Gasteiger partial charge in [-0.25, -0.2) is 9.59 Å². The lowest BCUT2D eigenvalue weighted by Crippen LogP contribution is -2.44. The lowest BCUT2D eigenvalue weighted by molar-refractivity contribution is -0.149. The average molecular weight is 382 g/mol. The van der Waals surface area contributed by atoms with Gasteiger partial charge in [-0.2, -0.15) is 0 Å². The number of amides is 2. The molecule has 2 heterocycles. The van der Waals surface area contributed by atoms with Crippen LogP contribution in [0.1, 0.15) is 47.5 Å². The standard InChI is InChI=1S/C18H26N2O5S/c1-5-24-16(21)13-8-7-9-20(10-13)18(23)19-15-14(17(22)25-6-2)11(3)12(4)26-15/h13H,5-10H2,1-4H3,(H,19,23). The zero-order valence-corrected chi connectivity index (χ0v) is 16.5. The molecule has 0 aromatic carbocycles. The highest BCUT2D eigenvalue weighted by Crippen LogP contribution is 2.33. The number of urea groups is 1. The molecule has 0 spiro atoms. The van der Waals surface area contributed by atoms with Crippen molar-refractivity contribution in [3.63, 3.8) is 0 Å². The number of hydrogen-bond acceptors (Lipinski definition) is 6. The molecule has 7 nitrogen and oxygen atoms in total. The third-order valence-electron chi connectivity index (χ3n) is 4.41. The van der Waals surface area contributed by atoms with Crippen molar-refractivity contribution in [3.8, 4) is 0 Å². The van der Waals surface area contributed by atoms with Crippen LogP contribution in [0.15, 0.2) is 0 Å². The second kappa shape index (κ2) is 9.02. The molecule has 1 N–H and O–H groups in total. The highest BCUT2D eigenvalue weighted by molar-refractivity contribution is 7.16. The van der Waals surface area contributed by atoms with Crippen LogP contribution in [0.2, 0.25) is 0 Å². The Balaban J connectivity index is 2.11. The zero-order chi connectivity index (χ0) is 19.3. The number of nitrogens with zero attached hydrogens (tertiary/aromatic N) is 1. The number of hydrogen-bond donors (Lipinski definition) is 1. The first-order valence-electron chi connectivity index (χ1n) is 8.88. The predicted octanol–water partition coefficient (Wildman–Crippen LogP) is 3.35. The third-order valence-corrected chi connectivity index (χ3v) is 5.54. The van der Waals surface area contributed by atoms with E-state index in [9.17, 15) is 14.4 Å². The summed E-state index contributed by atoms with van der Waals surface area (Å²) in [5.41, 5.74) is 1.22. The summed E-state index contributed by atoms with van der Waals surface area (Å²) in [7, 11) is 0. The number of anilines is 1. The van der Waals surface area contributed by atoms with Crippen LogP contribution in [-0.4, -0.2) is 49.2 Å². The molecule has 1 aromatic heterocycles. The van der Waals surface area contributed by atoms with E-state index in [0.717, 1.165) is 16.9 Å². The van der Waals surface area contributed by atoms with E-state index in [1.54, 1.807) is 18.7 Å². The maximum atomic E-state index is 12.7. The fourth-order valence-corrected chi connectivity index (χ4v) is 3.99. The zero-order valence-electron chi connectivity index (χ0n) is 15.7. The summed E-state index contributed by atoms with van der Waals surface area (Å²) in [4.78, 5) is 39.4. The maximum absolute atomic E-state index is 12.7. The van der Waals surface area contributed by atoms with E-state index in [1.807, 2.05) is 13.8 Å². The summed E-state index contributed by atoms with van der Waals surface area (Å²) < 4.78 is 10.2. The Morgan fingerprint density at radius 2 is 1.88 bits per heavy atom. The molecular weight excluding hydrogens is 356 g/mol. The van der Waals surface area contributed by atoms with Crippen molar-refractivity contribution < 1.29 is 23.9 Å². The second-order valence-corrected chi connectivity index (χ2v) is 7.40. The van der Waals surface area contributed by atoms with Crippen LogP contribution in [0.5, 0.6) is 0 Å². The van der Waals surface area contributed by atoms with E-state index >= 15 is 0 Å². The molecule has 1 aliphatic rings. The van der Waals surface area contributed by atoms with E-state index < -0.39 is 5.97 Å². The molecule has 2 amide bonds. The van der Waals surface area contributed by atoms with Gasteiger partial charge in [-0.05, 0) is 46.1 Å². The van der Waals surface area contributed by atoms with Crippen LogP contribution < -0.4 is 5.32 Å². The number of rotatable bonds is 5. The van der Waals surface area contributed by atoms with Gasteiger partial charge in [-0.1, -0.05) is 0 Å². The van der Waals surface area contributed by atoms with Crippen LogP contribution in [0.25, 0.3) is 0 Å². The summed E-state index contributed by atoms with van der Waals surface area (Å²) in [6, 6.07) is -0.314. The van der Waals surface area contributed by atoms with E-state index in [2.05, 4.69) is 5.32 Å². The van der Waals surface area contributed by atoms with Gasteiger partial charge in [0.15, 0.2) is 0 Å². The molecule has 1 fully saturated rings. The topological polar surface area (TPSA) is 84.9 Å². The Kier molecular flexibility index (Phi) is 7.02. The summed E-state index contributed by atoms with van der Waals surface area (Å²) in [5.74, 6) is -1.00. The minimum Gasteiger partial charge on any atom is -0.466 e. The number of piperidine rings is 1. The number of carbonyl (C=O) groups excluding carboxylic acids is 3. The van der Waals surface area contributed by atoms with E-state index in [-0.39, 0.29) is 24.5 Å². The summed E-state index contributed by atoms with van der Waals surface area (Å²) in [6.07, 6.45) is 1.46. The van der Waals surface area contributed by atoms with Gasteiger partial charge in [-0.15, -0.1) is 11.3 Å².